The number of carbonyl (C=O) groups excluding carboxylic acids is 1. The molecule has 210 valence electrons. The zero-order chi connectivity index (χ0) is 27.8. The van der Waals surface area contributed by atoms with Crippen LogP contribution < -0.4 is 14.5 Å². The van der Waals surface area contributed by atoms with Crippen LogP contribution in [-0.4, -0.2) is 28.7 Å². The van der Waals surface area contributed by atoms with Gasteiger partial charge in [0.15, 0.2) is 0 Å². The van der Waals surface area contributed by atoms with Gasteiger partial charge in [0.25, 0.3) is 0 Å². The molecule has 39 heavy (non-hydrogen) atoms. The van der Waals surface area contributed by atoms with Crippen molar-refractivity contribution in [3.63, 3.8) is 0 Å². The van der Waals surface area contributed by atoms with Gasteiger partial charge in [-0.3, -0.25) is 0 Å². The van der Waals surface area contributed by atoms with E-state index in [-0.39, 0.29) is 6.42 Å². The Bertz CT molecular complexity index is 865. The maximum atomic E-state index is 10.2. The average molecular weight is 722 g/mol. The van der Waals surface area contributed by atoms with Crippen molar-refractivity contribution in [2.45, 2.75) is 110 Å². The molecule has 0 aliphatic carbocycles. The minimum atomic E-state index is -2.17. The molecule has 3 aromatic rings. The first-order chi connectivity index (χ1) is 19.2. The van der Waals surface area contributed by atoms with E-state index < -0.39 is 28.7 Å². The summed E-state index contributed by atoms with van der Waals surface area (Å²) in [7, 11) is 0. The molecular weight excluding hydrogens is 672 g/mol. The average Bonchev–Trinajstić information content (AvgIpc) is 2.97. The van der Waals surface area contributed by atoms with E-state index in [0.29, 0.717) is 0 Å². The van der Waals surface area contributed by atoms with E-state index in [0.717, 1.165) is 12.8 Å². The molecule has 3 aromatic carbocycles. The predicted molar refractivity (Wildman–Crippen MR) is 169 cm³/mol. The van der Waals surface area contributed by atoms with E-state index in [4.69, 9.17) is 0 Å². The molecule has 0 radical (unpaired) electrons. The van der Waals surface area contributed by atoms with Gasteiger partial charge in [0, 0.05) is 5.97 Å². The molecular formula is C36H50O2Pb. The SMILES string of the molecule is CCCCCCCCCCCCCCCCCC(=O)[O-].c1cc[c]([Pb+]([c]2ccccc2)[c]2ccccc2)cc1. The van der Waals surface area contributed by atoms with Crippen molar-refractivity contribution >= 4 is 38.0 Å². The second kappa shape index (κ2) is 22.8. The van der Waals surface area contributed by atoms with Crippen molar-refractivity contribution < 1.29 is 9.90 Å². The first-order valence-electron chi connectivity index (χ1n) is 15.5. The van der Waals surface area contributed by atoms with Crippen molar-refractivity contribution in [2.24, 2.45) is 0 Å². The monoisotopic (exact) mass is 722 g/mol. The quantitative estimate of drug-likeness (QED) is 0.0971. The molecule has 0 saturated carbocycles. The van der Waals surface area contributed by atoms with E-state index >= 15 is 0 Å². The van der Waals surface area contributed by atoms with Gasteiger partial charge in [0.1, 0.15) is 0 Å². The van der Waals surface area contributed by atoms with Crippen molar-refractivity contribution in [3.8, 4) is 0 Å². The summed E-state index contributed by atoms with van der Waals surface area (Å²) in [6.45, 7) is 2.27. The van der Waals surface area contributed by atoms with Gasteiger partial charge < -0.3 is 9.90 Å². The van der Waals surface area contributed by atoms with E-state index in [1.165, 1.54) is 83.5 Å². The van der Waals surface area contributed by atoms with Crippen LogP contribution in [0.4, 0.5) is 0 Å². The van der Waals surface area contributed by atoms with Crippen LogP contribution in [0.2, 0.25) is 0 Å². The van der Waals surface area contributed by atoms with Crippen LogP contribution in [0.15, 0.2) is 91.0 Å². The van der Waals surface area contributed by atoms with Gasteiger partial charge in [-0.2, -0.15) is 0 Å². The third-order valence-electron chi connectivity index (χ3n) is 7.17. The van der Waals surface area contributed by atoms with E-state index in [1.807, 2.05) is 0 Å². The van der Waals surface area contributed by atoms with Gasteiger partial charge in [0.2, 0.25) is 0 Å². The Morgan fingerprint density at radius 1 is 0.487 bits per heavy atom. The van der Waals surface area contributed by atoms with Crippen LogP contribution in [0.25, 0.3) is 0 Å². The second-order valence-electron chi connectivity index (χ2n) is 10.5. The summed E-state index contributed by atoms with van der Waals surface area (Å²) in [6, 6.07) is 33.0. The number of carboxylic acid groups (broad SMARTS) is 1. The van der Waals surface area contributed by atoms with Gasteiger partial charge in [-0.05, 0) is 12.8 Å². The third-order valence-corrected chi connectivity index (χ3v) is 17.8. The topological polar surface area (TPSA) is 40.1 Å². The summed E-state index contributed by atoms with van der Waals surface area (Å²) < 4.78 is 4.64. The van der Waals surface area contributed by atoms with E-state index in [1.54, 1.807) is 9.37 Å². The molecule has 3 rings (SSSR count). The number of benzene rings is 3. The summed E-state index contributed by atoms with van der Waals surface area (Å²) >= 11 is -2.17. The van der Waals surface area contributed by atoms with Crippen LogP contribution >= 0.6 is 0 Å². The van der Waals surface area contributed by atoms with Crippen molar-refractivity contribution in [1.82, 2.24) is 0 Å². The Kier molecular flexibility index (Phi) is 19.5. The zero-order valence-electron chi connectivity index (χ0n) is 24.3. The first kappa shape index (κ1) is 33.3. The van der Waals surface area contributed by atoms with Crippen molar-refractivity contribution in [1.29, 1.82) is 0 Å². The number of hydrogen-bond acceptors (Lipinski definition) is 2. The Balaban J connectivity index is 0.000000273. The molecule has 0 aliphatic rings. The van der Waals surface area contributed by atoms with Gasteiger partial charge in [-0.1, -0.05) is 96.8 Å². The molecule has 0 unspecified atom stereocenters. The molecule has 0 heterocycles. The van der Waals surface area contributed by atoms with Crippen molar-refractivity contribution in [2.75, 3.05) is 0 Å². The maximum absolute atomic E-state index is 10.2. The number of aliphatic carboxylic acids is 1. The molecule has 0 fully saturated rings. The molecule has 0 aromatic heterocycles. The summed E-state index contributed by atoms with van der Waals surface area (Å²) in [5, 5.41) is 10.2. The van der Waals surface area contributed by atoms with Crippen molar-refractivity contribution in [3.05, 3.63) is 91.0 Å². The summed E-state index contributed by atoms with van der Waals surface area (Å²) in [5.74, 6) is -0.903. The Morgan fingerprint density at radius 3 is 1.05 bits per heavy atom. The van der Waals surface area contributed by atoms with Crippen LogP contribution in [0.1, 0.15) is 110 Å². The first-order valence-corrected chi connectivity index (χ1v) is 21.3. The molecule has 2 nitrogen and oxygen atoms in total. The third kappa shape index (κ3) is 16.0. The fourth-order valence-corrected chi connectivity index (χ4v) is 15.0. The van der Waals surface area contributed by atoms with E-state index in [2.05, 4.69) is 97.9 Å². The Hall–Kier alpha value is -1.95. The van der Waals surface area contributed by atoms with Gasteiger partial charge in [0.05, 0.1) is 0 Å². The fraction of sp³-hybridized carbons (Fsp3) is 0.472. The van der Waals surface area contributed by atoms with Crippen LogP contribution in [0, 0.1) is 0 Å². The molecule has 0 spiro atoms. The predicted octanol–water partition coefficient (Wildman–Crippen LogP) is 7.20. The summed E-state index contributed by atoms with van der Waals surface area (Å²) in [4.78, 5) is 10.2. The normalized spacial score (nSPS) is 10.5. The minimum absolute atomic E-state index is 0.234. The van der Waals surface area contributed by atoms with Crippen LogP contribution in [0.3, 0.4) is 0 Å². The number of hydrogen-bond donors (Lipinski definition) is 0. The Morgan fingerprint density at radius 2 is 0.769 bits per heavy atom. The summed E-state index contributed by atoms with van der Waals surface area (Å²) in [5.41, 5.74) is 0. The van der Waals surface area contributed by atoms with Gasteiger partial charge in [-0.25, -0.2) is 0 Å². The fourth-order valence-electron chi connectivity index (χ4n) is 4.96. The Labute approximate surface area is 247 Å². The molecule has 0 N–H and O–H groups in total. The number of carbonyl (C=O) groups is 1. The van der Waals surface area contributed by atoms with Gasteiger partial charge >= 0.3 is 123 Å². The van der Waals surface area contributed by atoms with Crippen LogP contribution in [-0.2, 0) is 4.79 Å². The van der Waals surface area contributed by atoms with E-state index in [9.17, 15) is 9.90 Å². The second-order valence-corrected chi connectivity index (χ2v) is 20.2. The number of unbranched alkanes of at least 4 members (excludes halogenated alkanes) is 14. The number of rotatable bonds is 19. The standard InChI is InChI=1S/C18H36O2.3C6H5.Pb/c1-2-3-4-5-6-7-8-9-10-11-12-13-14-15-16-17-18(19)20;3*1-2-4-6-5-3-1;/h2-17H2,1H3,(H,19,20);3*1-5H;/q;;;;+1/p-1. The summed E-state index contributed by atoms with van der Waals surface area (Å²) in [6.07, 6.45) is 19.9. The molecule has 0 saturated heterocycles. The zero-order valence-corrected chi connectivity index (χ0v) is 28.2. The molecule has 0 bridgehead atoms. The van der Waals surface area contributed by atoms with Gasteiger partial charge in [-0.15, -0.1) is 0 Å². The molecule has 0 aliphatic heterocycles. The molecule has 3 heteroatoms. The molecule has 0 amide bonds. The molecule has 0 atom stereocenters. The number of carboxylic acids is 1. The van der Waals surface area contributed by atoms with Crippen LogP contribution in [0.5, 0.6) is 0 Å².